The quantitative estimate of drug-likeness (QED) is 0.787. The van der Waals surface area contributed by atoms with E-state index in [2.05, 4.69) is 11.1 Å². The lowest BCUT2D eigenvalue weighted by molar-refractivity contribution is 0.429. The van der Waals surface area contributed by atoms with Crippen molar-refractivity contribution in [3.05, 3.63) is 21.8 Å². The van der Waals surface area contributed by atoms with Crippen LogP contribution >= 0.6 is 22.9 Å². The van der Waals surface area contributed by atoms with Crippen LogP contribution in [0.25, 0.3) is 0 Å². The molecule has 0 aromatic carbocycles. The van der Waals surface area contributed by atoms with Crippen LogP contribution < -0.4 is 0 Å². The van der Waals surface area contributed by atoms with Crippen molar-refractivity contribution in [2.75, 3.05) is 13.1 Å². The van der Waals surface area contributed by atoms with E-state index in [1.54, 1.807) is 6.92 Å². The van der Waals surface area contributed by atoms with Crippen molar-refractivity contribution >= 4 is 33.0 Å². The predicted molar refractivity (Wildman–Crippen MR) is 69.0 cm³/mol. The van der Waals surface area contributed by atoms with Gasteiger partial charge in [-0.05, 0) is 20.3 Å². The number of thiazole rings is 1. The summed E-state index contributed by atoms with van der Waals surface area (Å²) in [6.07, 6.45) is 2.83. The monoisotopic (exact) mass is 292 g/mol. The molecule has 1 aromatic rings. The van der Waals surface area contributed by atoms with Crippen LogP contribution in [0, 0.1) is 6.92 Å². The van der Waals surface area contributed by atoms with Gasteiger partial charge in [0.15, 0.2) is 8.68 Å². The lowest BCUT2D eigenvalue weighted by Crippen LogP contribution is -2.35. The Bertz CT molecular complexity index is 563. The Morgan fingerprint density at radius 3 is 2.71 bits per heavy atom. The van der Waals surface area contributed by atoms with Gasteiger partial charge < -0.3 is 0 Å². The molecule has 17 heavy (non-hydrogen) atoms. The van der Waals surface area contributed by atoms with Crippen LogP contribution in [0.4, 0.5) is 0 Å². The fraction of sp³-hybridized carbons (Fsp3) is 0.500. The molecule has 0 bridgehead atoms. The molecule has 1 aromatic heterocycles. The van der Waals surface area contributed by atoms with Gasteiger partial charge in [-0.3, -0.25) is 0 Å². The van der Waals surface area contributed by atoms with Crippen LogP contribution in [0.1, 0.15) is 19.0 Å². The van der Waals surface area contributed by atoms with Crippen molar-refractivity contribution in [3.63, 3.8) is 0 Å². The molecule has 0 unspecified atom stereocenters. The first-order chi connectivity index (χ1) is 7.91. The Balaban J connectivity index is 2.37. The number of hydrogen-bond acceptors (Lipinski definition) is 4. The average Bonchev–Trinajstić information content (AvgIpc) is 2.58. The summed E-state index contributed by atoms with van der Waals surface area (Å²) in [5.41, 5.74) is 1.56. The normalized spacial score (nSPS) is 18.2. The highest BCUT2D eigenvalue weighted by Crippen LogP contribution is 2.30. The number of aromatic nitrogens is 1. The second-order valence-corrected chi connectivity index (χ2v) is 7.73. The maximum Gasteiger partial charge on any atom is 0.254 e. The Morgan fingerprint density at radius 2 is 2.18 bits per heavy atom. The molecule has 2 rings (SSSR count). The highest BCUT2D eigenvalue weighted by Gasteiger charge is 2.29. The third-order valence-electron chi connectivity index (χ3n) is 2.60. The fourth-order valence-corrected chi connectivity index (χ4v) is 5.16. The molecule has 0 atom stereocenters. The van der Waals surface area contributed by atoms with E-state index in [1.165, 1.54) is 4.31 Å². The Hall–Kier alpha value is -0.430. The number of aryl methyl sites for hydroxylation is 1. The first-order valence-electron chi connectivity index (χ1n) is 5.20. The summed E-state index contributed by atoms with van der Waals surface area (Å²) in [4.78, 5) is 3.95. The Kier molecular flexibility index (Phi) is 3.58. The summed E-state index contributed by atoms with van der Waals surface area (Å²) in [5, 5.41) is 0. The minimum Gasteiger partial charge on any atom is -0.229 e. The van der Waals surface area contributed by atoms with Crippen molar-refractivity contribution in [1.82, 2.24) is 9.29 Å². The van der Waals surface area contributed by atoms with E-state index in [4.69, 9.17) is 11.6 Å². The van der Waals surface area contributed by atoms with E-state index in [1.807, 2.05) is 6.92 Å². The number of sulfonamides is 1. The van der Waals surface area contributed by atoms with Crippen LogP contribution in [0.5, 0.6) is 0 Å². The molecule has 0 saturated heterocycles. The maximum atomic E-state index is 12.4. The first-order valence-corrected chi connectivity index (χ1v) is 7.83. The molecule has 0 aliphatic carbocycles. The lowest BCUT2D eigenvalue weighted by atomic mass is 10.2. The number of rotatable bonds is 2. The van der Waals surface area contributed by atoms with Gasteiger partial charge in [0.05, 0.1) is 5.69 Å². The molecule has 94 valence electrons. The van der Waals surface area contributed by atoms with Crippen molar-refractivity contribution in [3.8, 4) is 0 Å². The molecule has 1 aliphatic rings. The molecule has 0 radical (unpaired) electrons. The zero-order valence-corrected chi connectivity index (χ0v) is 12.0. The van der Waals surface area contributed by atoms with E-state index in [9.17, 15) is 8.42 Å². The van der Waals surface area contributed by atoms with Gasteiger partial charge in [-0.2, -0.15) is 4.31 Å². The van der Waals surface area contributed by atoms with Gasteiger partial charge in [0.25, 0.3) is 10.0 Å². The minimum absolute atomic E-state index is 0.261. The van der Waals surface area contributed by atoms with E-state index in [0.717, 1.165) is 23.3 Å². The summed E-state index contributed by atoms with van der Waals surface area (Å²) in [7, 11) is -3.44. The zero-order valence-electron chi connectivity index (χ0n) is 9.60. The topological polar surface area (TPSA) is 50.3 Å². The highest BCUT2D eigenvalue weighted by molar-refractivity contribution is 7.91. The second kappa shape index (κ2) is 4.68. The predicted octanol–water partition coefficient (Wildman–Crippen LogP) is 2.45. The molecule has 0 spiro atoms. The minimum atomic E-state index is -3.44. The molecule has 0 saturated carbocycles. The first kappa shape index (κ1) is 13.0. The van der Waals surface area contributed by atoms with Crippen LogP contribution in [0.2, 0.25) is 4.47 Å². The molecule has 0 fully saturated rings. The molecular formula is C10H13ClN2O2S2. The fourth-order valence-electron chi connectivity index (χ4n) is 1.79. The van der Waals surface area contributed by atoms with Gasteiger partial charge in [0.1, 0.15) is 0 Å². The van der Waals surface area contributed by atoms with Crippen molar-refractivity contribution < 1.29 is 8.42 Å². The van der Waals surface area contributed by atoms with Gasteiger partial charge in [-0.25, -0.2) is 13.4 Å². The van der Waals surface area contributed by atoms with Gasteiger partial charge in [0, 0.05) is 13.1 Å². The third-order valence-corrected chi connectivity index (χ3v) is 6.29. The lowest BCUT2D eigenvalue weighted by Gasteiger charge is -2.24. The molecule has 7 heteroatoms. The highest BCUT2D eigenvalue weighted by atomic mass is 35.5. The molecule has 0 N–H and O–H groups in total. The standard InChI is InChI=1S/C10H13ClN2O2S2/c1-7-4-3-5-13(6-7)17(14,15)9-8(2)12-10(11)16-9/h4H,3,5-6H2,1-2H3. The Labute approximate surface area is 110 Å². The van der Waals surface area contributed by atoms with Gasteiger partial charge in [-0.15, -0.1) is 0 Å². The molecule has 0 amide bonds. The SMILES string of the molecule is CC1=CCCN(S(=O)(=O)c2sc(Cl)nc2C)C1. The summed E-state index contributed by atoms with van der Waals surface area (Å²) < 4.78 is 26.8. The number of halogens is 1. The van der Waals surface area contributed by atoms with Crippen LogP contribution in [-0.4, -0.2) is 30.8 Å². The van der Waals surface area contributed by atoms with Gasteiger partial charge in [-0.1, -0.05) is 34.6 Å². The largest absolute Gasteiger partial charge is 0.254 e. The summed E-state index contributed by atoms with van der Waals surface area (Å²) in [6.45, 7) is 4.59. The van der Waals surface area contributed by atoms with Crippen LogP contribution in [-0.2, 0) is 10.0 Å². The van der Waals surface area contributed by atoms with Gasteiger partial charge in [0.2, 0.25) is 0 Å². The summed E-state index contributed by atoms with van der Waals surface area (Å²) in [6, 6.07) is 0. The van der Waals surface area contributed by atoms with Gasteiger partial charge >= 0.3 is 0 Å². The van der Waals surface area contributed by atoms with Crippen molar-refractivity contribution in [1.29, 1.82) is 0 Å². The third kappa shape index (κ3) is 2.54. The van der Waals surface area contributed by atoms with E-state index >= 15 is 0 Å². The molecule has 4 nitrogen and oxygen atoms in total. The van der Waals surface area contributed by atoms with Crippen LogP contribution in [0.3, 0.4) is 0 Å². The maximum absolute atomic E-state index is 12.4. The second-order valence-electron chi connectivity index (χ2n) is 4.02. The smallest absolute Gasteiger partial charge is 0.229 e. The van der Waals surface area contributed by atoms with E-state index < -0.39 is 10.0 Å². The van der Waals surface area contributed by atoms with Crippen molar-refractivity contribution in [2.45, 2.75) is 24.5 Å². The van der Waals surface area contributed by atoms with Crippen LogP contribution in [0.15, 0.2) is 15.9 Å². The van der Waals surface area contributed by atoms with E-state index in [0.29, 0.717) is 18.8 Å². The van der Waals surface area contributed by atoms with E-state index in [-0.39, 0.29) is 8.68 Å². The molecular weight excluding hydrogens is 280 g/mol. The Morgan fingerprint density at radius 1 is 1.47 bits per heavy atom. The number of hydrogen-bond donors (Lipinski definition) is 0. The molecule has 1 aliphatic heterocycles. The summed E-state index contributed by atoms with van der Waals surface area (Å²) in [5.74, 6) is 0. The molecule has 2 heterocycles. The average molecular weight is 293 g/mol. The summed E-state index contributed by atoms with van der Waals surface area (Å²) >= 11 is 6.77. The number of nitrogens with zero attached hydrogens (tertiary/aromatic N) is 2. The zero-order chi connectivity index (χ0) is 12.6. The van der Waals surface area contributed by atoms with Crippen molar-refractivity contribution in [2.24, 2.45) is 0 Å².